The van der Waals surface area contributed by atoms with Crippen LogP contribution in [-0.2, 0) is 5.41 Å². The van der Waals surface area contributed by atoms with Crippen LogP contribution < -0.4 is 0 Å². The molecular weight excluding hydrogens is 380 g/mol. The molecule has 0 saturated heterocycles. The van der Waals surface area contributed by atoms with Gasteiger partial charge in [-0.2, -0.15) is 5.26 Å². The van der Waals surface area contributed by atoms with Gasteiger partial charge in [0.2, 0.25) is 0 Å². The van der Waals surface area contributed by atoms with Crippen molar-refractivity contribution in [2.24, 2.45) is 5.92 Å². The van der Waals surface area contributed by atoms with Crippen molar-refractivity contribution in [3.8, 4) is 17.5 Å². The summed E-state index contributed by atoms with van der Waals surface area (Å²) in [7, 11) is 0. The monoisotopic (exact) mass is 411 g/mol. The molecule has 1 atom stereocenters. The molecule has 0 spiro atoms. The quantitative estimate of drug-likeness (QED) is 0.465. The molecule has 2 aromatic rings. The Bertz CT molecular complexity index is 857. The van der Waals surface area contributed by atoms with Crippen LogP contribution in [0, 0.1) is 28.9 Å². The first-order chi connectivity index (χ1) is 14.6. The summed E-state index contributed by atoms with van der Waals surface area (Å²) in [4.78, 5) is 9.00. The van der Waals surface area contributed by atoms with Crippen LogP contribution in [-0.4, -0.2) is 9.97 Å². The number of rotatable bonds is 8. The molecule has 1 aliphatic carbocycles. The van der Waals surface area contributed by atoms with Crippen LogP contribution in [0.15, 0.2) is 24.5 Å². The van der Waals surface area contributed by atoms with Crippen molar-refractivity contribution in [2.75, 3.05) is 0 Å². The highest BCUT2D eigenvalue weighted by atomic mass is 19.1. The zero-order chi connectivity index (χ0) is 21.6. The Morgan fingerprint density at radius 3 is 2.17 bits per heavy atom. The van der Waals surface area contributed by atoms with Gasteiger partial charge in [0.15, 0.2) is 5.82 Å². The molecular formula is C25H31F2N3. The highest BCUT2D eigenvalue weighted by Crippen LogP contribution is 2.48. The highest BCUT2D eigenvalue weighted by molar-refractivity contribution is 5.57. The Hall–Kier alpha value is -2.35. The van der Waals surface area contributed by atoms with E-state index in [9.17, 15) is 8.78 Å². The Balaban J connectivity index is 1.96. The van der Waals surface area contributed by atoms with Gasteiger partial charge < -0.3 is 0 Å². The molecule has 1 fully saturated rings. The largest absolute Gasteiger partial charge is 0.236 e. The van der Waals surface area contributed by atoms with Crippen molar-refractivity contribution in [3.63, 3.8) is 0 Å². The minimum atomic E-state index is -0.883. The molecule has 1 saturated carbocycles. The van der Waals surface area contributed by atoms with Crippen LogP contribution in [0.2, 0.25) is 0 Å². The van der Waals surface area contributed by atoms with Crippen LogP contribution in [0.4, 0.5) is 8.78 Å². The van der Waals surface area contributed by atoms with Gasteiger partial charge in [-0.1, -0.05) is 52.4 Å². The van der Waals surface area contributed by atoms with Gasteiger partial charge in [-0.15, -0.1) is 0 Å². The summed E-state index contributed by atoms with van der Waals surface area (Å²) >= 11 is 0. The van der Waals surface area contributed by atoms with Gasteiger partial charge >= 0.3 is 0 Å². The summed E-state index contributed by atoms with van der Waals surface area (Å²) in [6, 6.07) is 3.82. The molecule has 5 heteroatoms. The fourth-order valence-corrected chi connectivity index (χ4v) is 5.15. The maximum atomic E-state index is 14.0. The van der Waals surface area contributed by atoms with E-state index >= 15 is 0 Å². The molecule has 30 heavy (non-hydrogen) atoms. The lowest BCUT2D eigenvalue weighted by Crippen LogP contribution is -2.38. The second kappa shape index (κ2) is 10.1. The molecule has 0 N–H and O–H groups in total. The first-order valence-corrected chi connectivity index (χ1v) is 11.3. The molecule has 0 bridgehead atoms. The number of nitriles is 1. The normalized spacial score (nSPS) is 16.8. The van der Waals surface area contributed by atoms with Gasteiger partial charge in [0.05, 0.1) is 0 Å². The SMILES string of the molecule is CCCCC(CCC)C1(c2cnc(-c3cc(F)c(C#N)c(F)c3)nc2)CCCCC1. The third kappa shape index (κ3) is 4.53. The first kappa shape index (κ1) is 22.3. The van der Waals surface area contributed by atoms with E-state index in [2.05, 4.69) is 23.8 Å². The predicted molar refractivity (Wildman–Crippen MR) is 115 cm³/mol. The molecule has 1 aromatic carbocycles. The van der Waals surface area contributed by atoms with Crippen molar-refractivity contribution in [3.05, 3.63) is 47.3 Å². The van der Waals surface area contributed by atoms with Gasteiger partial charge in [-0.3, -0.25) is 0 Å². The molecule has 1 heterocycles. The van der Waals surface area contributed by atoms with E-state index in [1.54, 1.807) is 6.07 Å². The fraction of sp³-hybridized carbons (Fsp3) is 0.560. The van der Waals surface area contributed by atoms with Crippen molar-refractivity contribution < 1.29 is 8.78 Å². The van der Waals surface area contributed by atoms with E-state index in [0.717, 1.165) is 30.5 Å². The second-order valence-corrected chi connectivity index (χ2v) is 8.57. The lowest BCUT2D eigenvalue weighted by molar-refractivity contribution is 0.165. The Morgan fingerprint density at radius 2 is 1.63 bits per heavy atom. The van der Waals surface area contributed by atoms with Crippen LogP contribution in [0.3, 0.4) is 0 Å². The van der Waals surface area contributed by atoms with Gasteiger partial charge in [-0.25, -0.2) is 18.7 Å². The summed E-state index contributed by atoms with van der Waals surface area (Å²) in [5, 5.41) is 8.87. The number of hydrogen-bond acceptors (Lipinski definition) is 3. The zero-order valence-corrected chi connectivity index (χ0v) is 18.1. The number of hydrogen-bond donors (Lipinski definition) is 0. The summed E-state index contributed by atoms with van der Waals surface area (Å²) in [5.74, 6) is -0.868. The number of nitrogens with zero attached hydrogens (tertiary/aromatic N) is 3. The molecule has 1 aliphatic rings. The van der Waals surface area contributed by atoms with Crippen LogP contribution >= 0.6 is 0 Å². The van der Waals surface area contributed by atoms with Crippen molar-refractivity contribution in [1.82, 2.24) is 9.97 Å². The maximum Gasteiger partial charge on any atom is 0.159 e. The van der Waals surface area contributed by atoms with Crippen LogP contribution in [0.1, 0.15) is 89.2 Å². The molecule has 1 aromatic heterocycles. The number of aromatic nitrogens is 2. The molecule has 0 amide bonds. The molecule has 160 valence electrons. The van der Waals surface area contributed by atoms with Crippen LogP contribution in [0.25, 0.3) is 11.4 Å². The average Bonchev–Trinajstić information content (AvgIpc) is 2.77. The lowest BCUT2D eigenvalue weighted by Gasteiger charge is -2.44. The molecule has 3 nitrogen and oxygen atoms in total. The van der Waals surface area contributed by atoms with E-state index in [1.807, 2.05) is 12.4 Å². The number of halogens is 2. The van der Waals surface area contributed by atoms with Gasteiger partial charge in [0.1, 0.15) is 23.3 Å². The molecule has 3 rings (SSSR count). The molecule has 0 radical (unpaired) electrons. The third-order valence-corrected chi connectivity index (χ3v) is 6.71. The van der Waals surface area contributed by atoms with E-state index < -0.39 is 17.2 Å². The standard InChI is InChI=1S/C25H31F2N3/c1-3-5-10-19(9-4-2)25(11-7-6-8-12-25)20-16-29-24(30-17-20)18-13-22(26)21(15-28)23(27)14-18/h13-14,16-17,19H,3-12H2,1-2H3. The molecule has 0 aliphatic heterocycles. The summed E-state index contributed by atoms with van der Waals surface area (Å²) in [5.41, 5.74) is 0.942. The molecule has 1 unspecified atom stereocenters. The Morgan fingerprint density at radius 1 is 1.00 bits per heavy atom. The van der Waals surface area contributed by atoms with Gasteiger partial charge in [-0.05, 0) is 49.3 Å². The minimum Gasteiger partial charge on any atom is -0.236 e. The predicted octanol–water partition coefficient (Wildman–Crippen LogP) is 7.10. The summed E-state index contributed by atoms with van der Waals surface area (Å²) in [6.07, 6.45) is 15.8. The van der Waals surface area contributed by atoms with Crippen molar-refractivity contribution in [1.29, 1.82) is 5.26 Å². The van der Waals surface area contributed by atoms with Crippen LogP contribution in [0.5, 0.6) is 0 Å². The van der Waals surface area contributed by atoms with E-state index in [1.165, 1.54) is 51.4 Å². The minimum absolute atomic E-state index is 0.100. The van der Waals surface area contributed by atoms with Gasteiger partial charge in [0, 0.05) is 23.4 Å². The van der Waals surface area contributed by atoms with E-state index in [4.69, 9.17) is 5.26 Å². The Kier molecular flexibility index (Phi) is 7.53. The highest BCUT2D eigenvalue weighted by Gasteiger charge is 2.40. The zero-order valence-electron chi connectivity index (χ0n) is 18.1. The van der Waals surface area contributed by atoms with E-state index in [0.29, 0.717) is 5.92 Å². The van der Waals surface area contributed by atoms with E-state index in [-0.39, 0.29) is 16.8 Å². The maximum absolute atomic E-state index is 14.0. The summed E-state index contributed by atoms with van der Waals surface area (Å²) in [6.45, 7) is 4.49. The smallest absolute Gasteiger partial charge is 0.159 e. The van der Waals surface area contributed by atoms with Crippen molar-refractivity contribution in [2.45, 2.75) is 83.5 Å². The Labute approximate surface area is 178 Å². The van der Waals surface area contributed by atoms with Gasteiger partial charge in [0.25, 0.3) is 0 Å². The summed E-state index contributed by atoms with van der Waals surface area (Å²) < 4.78 is 28.0. The lowest BCUT2D eigenvalue weighted by atomic mass is 9.60. The second-order valence-electron chi connectivity index (χ2n) is 8.57. The number of unbranched alkanes of at least 4 members (excludes halogenated alkanes) is 1. The van der Waals surface area contributed by atoms with Crippen molar-refractivity contribution >= 4 is 0 Å². The average molecular weight is 412 g/mol. The third-order valence-electron chi connectivity index (χ3n) is 6.71. The number of benzene rings is 1. The first-order valence-electron chi connectivity index (χ1n) is 11.3. The fourth-order valence-electron chi connectivity index (χ4n) is 5.15. The topological polar surface area (TPSA) is 49.6 Å².